The lowest BCUT2D eigenvalue weighted by atomic mass is 9.87. The number of para-hydroxylation sites is 2. The first-order valence-corrected chi connectivity index (χ1v) is 14.6. The van der Waals surface area contributed by atoms with Gasteiger partial charge in [-0.3, -0.25) is 4.57 Å². The second-order valence-electron chi connectivity index (χ2n) is 11.5. The number of alkyl halides is 2. The summed E-state index contributed by atoms with van der Waals surface area (Å²) in [5.41, 5.74) is 3.54. The van der Waals surface area contributed by atoms with Crippen LogP contribution in [0.4, 0.5) is 19.5 Å². The van der Waals surface area contributed by atoms with Gasteiger partial charge in [0, 0.05) is 31.7 Å². The van der Waals surface area contributed by atoms with Gasteiger partial charge in [0.25, 0.3) is 6.43 Å². The maximum absolute atomic E-state index is 14.2. The Morgan fingerprint density at radius 2 is 1.93 bits per heavy atom. The van der Waals surface area contributed by atoms with Crippen LogP contribution in [-0.2, 0) is 11.2 Å². The Balaban J connectivity index is 1.35. The Labute approximate surface area is 253 Å². The van der Waals surface area contributed by atoms with Gasteiger partial charge in [-0.15, -0.1) is 0 Å². The number of carbonyl (C=O) groups is 1. The van der Waals surface area contributed by atoms with Gasteiger partial charge in [-0.05, 0) is 55.5 Å². The molecule has 4 heterocycles. The minimum absolute atomic E-state index is 0.0298. The third-order valence-corrected chi connectivity index (χ3v) is 7.76. The van der Waals surface area contributed by atoms with E-state index in [9.17, 15) is 18.7 Å². The Bertz CT molecular complexity index is 1700. The summed E-state index contributed by atoms with van der Waals surface area (Å²) in [6.07, 6.45) is -1.08. The van der Waals surface area contributed by atoms with Crippen molar-refractivity contribution in [3.8, 4) is 5.95 Å². The number of aromatic nitrogens is 5. The molecule has 6 rings (SSSR count). The SMILES string of the molecule is CC(C)(Cc1ccccc1C1=CCN(C(=O)O)CC1)Nc1nc(C2CNCCO2)nc(-n2c(C(F)F)nc3ccccc32)n1. The fourth-order valence-corrected chi connectivity index (χ4v) is 5.71. The van der Waals surface area contributed by atoms with E-state index in [1.165, 1.54) is 9.47 Å². The normalized spacial score (nSPS) is 17.6. The zero-order valence-corrected chi connectivity index (χ0v) is 24.5. The number of hydrogen-bond donors (Lipinski definition) is 3. The molecular weight excluding hydrogens is 570 g/mol. The number of fused-ring (bicyclic) bond motifs is 1. The van der Waals surface area contributed by atoms with Crippen molar-refractivity contribution in [3.63, 3.8) is 0 Å². The van der Waals surface area contributed by atoms with Crippen molar-refractivity contribution in [3.05, 3.63) is 77.4 Å². The van der Waals surface area contributed by atoms with Crippen LogP contribution in [0.1, 0.15) is 55.6 Å². The molecule has 1 unspecified atom stereocenters. The average Bonchev–Trinajstić information content (AvgIpc) is 3.41. The van der Waals surface area contributed by atoms with Crippen LogP contribution in [0, 0.1) is 0 Å². The number of nitrogens with zero attached hydrogens (tertiary/aromatic N) is 6. The van der Waals surface area contributed by atoms with Crippen molar-refractivity contribution in [1.29, 1.82) is 0 Å². The number of nitrogens with one attached hydrogen (secondary N) is 2. The largest absolute Gasteiger partial charge is 0.465 e. The highest BCUT2D eigenvalue weighted by Crippen LogP contribution is 2.31. The number of morpholine rings is 1. The number of ether oxygens (including phenoxy) is 1. The summed E-state index contributed by atoms with van der Waals surface area (Å²) in [4.78, 5) is 30.9. The first kappa shape index (κ1) is 29.6. The van der Waals surface area contributed by atoms with E-state index in [1.54, 1.807) is 24.3 Å². The maximum Gasteiger partial charge on any atom is 0.407 e. The summed E-state index contributed by atoms with van der Waals surface area (Å²) in [7, 11) is 0. The van der Waals surface area contributed by atoms with Crippen LogP contribution in [0.5, 0.6) is 0 Å². The van der Waals surface area contributed by atoms with Gasteiger partial charge in [0.1, 0.15) is 6.10 Å². The van der Waals surface area contributed by atoms with E-state index in [2.05, 4.69) is 37.7 Å². The minimum atomic E-state index is -2.85. The standard InChI is InChI=1S/C31H34F2N8O3/c1-31(2,17-20-7-3-4-8-21(20)19-11-14-40(15-12-19)30(42)43)39-28-36-26(24-18-34-13-16-44-24)37-29(38-28)41-23-10-6-5-9-22(23)35-27(41)25(32)33/h3-11,24-25,34H,12-18H2,1-2H3,(H,42,43)(H,36,37,38,39). The van der Waals surface area contributed by atoms with E-state index < -0.39 is 30.0 Å². The summed E-state index contributed by atoms with van der Waals surface area (Å²) in [6, 6.07) is 14.9. The molecule has 2 aliphatic rings. The molecule has 0 radical (unpaired) electrons. The van der Waals surface area contributed by atoms with Gasteiger partial charge >= 0.3 is 6.09 Å². The van der Waals surface area contributed by atoms with Crippen LogP contribution in [0.2, 0.25) is 0 Å². The summed E-state index contributed by atoms with van der Waals surface area (Å²) in [5, 5.41) is 16.0. The van der Waals surface area contributed by atoms with Gasteiger partial charge in [0.05, 0.1) is 17.6 Å². The quantitative estimate of drug-likeness (QED) is 0.254. The summed E-state index contributed by atoms with van der Waals surface area (Å²) in [5.74, 6) is 0.137. The van der Waals surface area contributed by atoms with Crippen molar-refractivity contribution in [2.24, 2.45) is 0 Å². The van der Waals surface area contributed by atoms with Gasteiger partial charge in [-0.2, -0.15) is 15.0 Å². The lowest BCUT2D eigenvalue weighted by molar-refractivity contribution is 0.0220. The predicted octanol–water partition coefficient (Wildman–Crippen LogP) is 5.01. The molecule has 230 valence electrons. The van der Waals surface area contributed by atoms with Gasteiger partial charge in [0.2, 0.25) is 11.9 Å². The van der Waals surface area contributed by atoms with Gasteiger partial charge < -0.3 is 25.4 Å². The lowest BCUT2D eigenvalue weighted by Crippen LogP contribution is -2.37. The maximum atomic E-state index is 14.2. The van der Waals surface area contributed by atoms with E-state index in [0.29, 0.717) is 62.5 Å². The number of halogens is 2. The van der Waals surface area contributed by atoms with Crippen LogP contribution >= 0.6 is 0 Å². The first-order chi connectivity index (χ1) is 21.2. The second-order valence-corrected chi connectivity index (χ2v) is 11.5. The summed E-state index contributed by atoms with van der Waals surface area (Å²) >= 11 is 0. The highest BCUT2D eigenvalue weighted by Gasteiger charge is 2.28. The average molecular weight is 605 g/mol. The number of imidazole rings is 1. The topological polar surface area (TPSA) is 130 Å². The van der Waals surface area contributed by atoms with Crippen molar-refractivity contribution in [2.45, 2.75) is 44.8 Å². The molecule has 11 nitrogen and oxygen atoms in total. The molecule has 1 atom stereocenters. The lowest BCUT2D eigenvalue weighted by Gasteiger charge is -2.30. The molecular formula is C31H34F2N8O3. The van der Waals surface area contributed by atoms with Gasteiger partial charge in [-0.1, -0.05) is 42.5 Å². The fourth-order valence-electron chi connectivity index (χ4n) is 5.71. The third-order valence-electron chi connectivity index (χ3n) is 7.76. The number of anilines is 1. The molecule has 1 fully saturated rings. The number of hydrogen-bond acceptors (Lipinski definition) is 8. The van der Waals surface area contributed by atoms with Gasteiger partial charge in [0.15, 0.2) is 11.6 Å². The van der Waals surface area contributed by atoms with Crippen LogP contribution in [0.3, 0.4) is 0 Å². The van der Waals surface area contributed by atoms with E-state index in [-0.39, 0.29) is 11.9 Å². The fraction of sp³-hybridized carbons (Fsp3) is 0.387. The zero-order valence-electron chi connectivity index (χ0n) is 24.5. The summed E-state index contributed by atoms with van der Waals surface area (Å²) < 4.78 is 35.7. The number of rotatable bonds is 8. The number of amides is 1. The third kappa shape index (κ3) is 6.24. The highest BCUT2D eigenvalue weighted by atomic mass is 19.3. The number of carboxylic acid groups (broad SMARTS) is 1. The molecule has 13 heteroatoms. The molecule has 44 heavy (non-hydrogen) atoms. The number of benzene rings is 2. The molecule has 2 aliphatic heterocycles. The van der Waals surface area contributed by atoms with E-state index in [1.807, 2.05) is 32.1 Å². The molecule has 0 bridgehead atoms. The molecule has 1 amide bonds. The molecule has 4 aromatic rings. The van der Waals surface area contributed by atoms with E-state index >= 15 is 0 Å². The van der Waals surface area contributed by atoms with Crippen LogP contribution < -0.4 is 10.6 Å². The summed E-state index contributed by atoms with van der Waals surface area (Å²) in [6.45, 7) is 6.45. The van der Waals surface area contributed by atoms with Crippen LogP contribution in [-0.4, -0.2) is 78.9 Å². The van der Waals surface area contributed by atoms with Crippen LogP contribution in [0.25, 0.3) is 22.6 Å². The predicted molar refractivity (Wildman–Crippen MR) is 161 cm³/mol. The second kappa shape index (κ2) is 12.2. The molecule has 2 aromatic heterocycles. The van der Waals surface area contributed by atoms with E-state index in [0.717, 1.165) is 16.7 Å². The molecule has 0 spiro atoms. The first-order valence-electron chi connectivity index (χ1n) is 14.6. The van der Waals surface area contributed by atoms with E-state index in [4.69, 9.17) is 9.72 Å². The Morgan fingerprint density at radius 3 is 2.66 bits per heavy atom. The molecule has 2 aromatic carbocycles. The van der Waals surface area contributed by atoms with Crippen molar-refractivity contribution in [2.75, 3.05) is 38.1 Å². The Hall–Kier alpha value is -4.49. The van der Waals surface area contributed by atoms with Crippen molar-refractivity contribution < 1.29 is 23.4 Å². The van der Waals surface area contributed by atoms with Crippen LogP contribution in [0.15, 0.2) is 54.6 Å². The molecule has 0 aliphatic carbocycles. The monoisotopic (exact) mass is 604 g/mol. The zero-order chi connectivity index (χ0) is 30.8. The Kier molecular flexibility index (Phi) is 8.23. The molecule has 1 saturated heterocycles. The smallest absolute Gasteiger partial charge is 0.407 e. The Morgan fingerprint density at radius 1 is 1.14 bits per heavy atom. The van der Waals surface area contributed by atoms with Crippen molar-refractivity contribution >= 4 is 28.6 Å². The van der Waals surface area contributed by atoms with Crippen molar-refractivity contribution in [1.82, 2.24) is 34.7 Å². The molecule has 3 N–H and O–H groups in total. The highest BCUT2D eigenvalue weighted by molar-refractivity contribution is 5.77. The minimum Gasteiger partial charge on any atom is -0.465 e. The van der Waals surface area contributed by atoms with Gasteiger partial charge in [-0.25, -0.2) is 18.6 Å². The molecule has 0 saturated carbocycles.